The summed E-state index contributed by atoms with van der Waals surface area (Å²) in [7, 11) is 2.11. The highest BCUT2D eigenvalue weighted by Gasteiger charge is 2.23. The molecule has 3 heterocycles. The number of hydrogen-bond acceptors (Lipinski definition) is 6. The first-order valence-electron chi connectivity index (χ1n) is 10.0. The Morgan fingerprint density at radius 2 is 1.33 bits per heavy atom. The van der Waals surface area contributed by atoms with Crippen LogP contribution in [0.5, 0.6) is 0 Å². The molecule has 0 bridgehead atoms. The minimum atomic E-state index is -0.728. The molecule has 1 N–H and O–H groups in total. The lowest BCUT2D eigenvalue weighted by Crippen LogP contribution is -2.50. The minimum Gasteiger partial charge on any atom is -0.353 e. The minimum absolute atomic E-state index is 0.102. The van der Waals surface area contributed by atoms with E-state index in [4.69, 9.17) is 0 Å². The largest absolute Gasteiger partial charge is 0.353 e. The molecule has 0 atom stereocenters. The smallest absolute Gasteiger partial charge is 0.321 e. The number of halogens is 2. The number of carbonyl (C=O) groups is 1. The first-order valence-corrected chi connectivity index (χ1v) is 10.0. The van der Waals surface area contributed by atoms with Gasteiger partial charge in [-0.15, -0.1) is 10.2 Å². The molecule has 2 aliphatic heterocycles. The maximum atomic E-state index is 13.3. The van der Waals surface area contributed by atoms with Crippen LogP contribution in [-0.4, -0.2) is 85.4 Å². The second kappa shape index (κ2) is 8.78. The fourth-order valence-electron chi connectivity index (χ4n) is 3.66. The van der Waals surface area contributed by atoms with Crippen LogP contribution in [0.2, 0.25) is 0 Å². The molecule has 30 heavy (non-hydrogen) atoms. The van der Waals surface area contributed by atoms with Gasteiger partial charge in [0.2, 0.25) is 0 Å². The average molecular weight is 417 g/mol. The molecule has 2 aromatic rings. The van der Waals surface area contributed by atoms with Gasteiger partial charge in [-0.2, -0.15) is 0 Å². The van der Waals surface area contributed by atoms with Crippen LogP contribution in [0.4, 0.5) is 30.9 Å². The Kier molecular flexibility index (Phi) is 5.93. The van der Waals surface area contributed by atoms with Gasteiger partial charge < -0.3 is 24.9 Å². The number of nitrogens with one attached hydrogen (secondary N) is 1. The van der Waals surface area contributed by atoms with Gasteiger partial charge in [-0.25, -0.2) is 13.6 Å². The van der Waals surface area contributed by atoms with Crippen molar-refractivity contribution >= 4 is 23.4 Å². The number of piperazine rings is 2. The quantitative estimate of drug-likeness (QED) is 0.823. The Bertz CT molecular complexity index is 859. The summed E-state index contributed by atoms with van der Waals surface area (Å²) < 4.78 is 26.6. The normalized spacial score (nSPS) is 17.9. The first-order chi connectivity index (χ1) is 14.5. The van der Waals surface area contributed by atoms with Crippen LogP contribution in [0, 0.1) is 11.6 Å². The van der Waals surface area contributed by atoms with E-state index in [1.165, 1.54) is 0 Å². The average Bonchev–Trinajstić information content (AvgIpc) is 2.74. The predicted octanol–water partition coefficient (Wildman–Crippen LogP) is 1.86. The second-order valence-corrected chi connectivity index (χ2v) is 7.60. The third-order valence-corrected chi connectivity index (χ3v) is 5.47. The molecule has 2 amide bonds. The van der Waals surface area contributed by atoms with Gasteiger partial charge in [-0.1, -0.05) is 0 Å². The van der Waals surface area contributed by atoms with E-state index in [0.29, 0.717) is 26.2 Å². The molecule has 10 heteroatoms. The zero-order chi connectivity index (χ0) is 21.1. The van der Waals surface area contributed by atoms with Crippen molar-refractivity contribution < 1.29 is 13.6 Å². The van der Waals surface area contributed by atoms with Crippen LogP contribution < -0.4 is 15.1 Å². The highest BCUT2D eigenvalue weighted by atomic mass is 19.1. The Balaban J connectivity index is 1.30. The highest BCUT2D eigenvalue weighted by Crippen LogP contribution is 2.19. The Morgan fingerprint density at radius 3 is 1.83 bits per heavy atom. The molecule has 160 valence electrons. The van der Waals surface area contributed by atoms with Crippen molar-refractivity contribution in [3.05, 3.63) is 42.0 Å². The molecule has 1 aromatic heterocycles. The van der Waals surface area contributed by atoms with Gasteiger partial charge in [0, 0.05) is 64.1 Å². The lowest BCUT2D eigenvalue weighted by atomic mass is 10.3. The molecule has 4 rings (SSSR count). The SMILES string of the molecule is CN1CCN(c2ccc(N3CCN(C(=O)Nc4cc(F)cc(F)c4)CC3)nn2)CC1. The Morgan fingerprint density at radius 1 is 0.833 bits per heavy atom. The number of urea groups is 1. The van der Waals surface area contributed by atoms with Gasteiger partial charge in [0.05, 0.1) is 0 Å². The number of nitrogens with zero attached hydrogens (tertiary/aromatic N) is 6. The van der Waals surface area contributed by atoms with E-state index in [1.807, 2.05) is 12.1 Å². The predicted molar refractivity (Wildman–Crippen MR) is 111 cm³/mol. The summed E-state index contributed by atoms with van der Waals surface area (Å²) >= 11 is 0. The summed E-state index contributed by atoms with van der Waals surface area (Å²) in [5.41, 5.74) is 0.102. The number of amides is 2. The lowest BCUT2D eigenvalue weighted by molar-refractivity contribution is 0.208. The number of likely N-dealkylation sites (N-methyl/N-ethyl adjacent to an activating group) is 1. The van der Waals surface area contributed by atoms with Gasteiger partial charge in [0.1, 0.15) is 11.6 Å². The van der Waals surface area contributed by atoms with Crippen LogP contribution in [-0.2, 0) is 0 Å². The van der Waals surface area contributed by atoms with Crippen molar-refractivity contribution in [1.29, 1.82) is 0 Å². The fraction of sp³-hybridized carbons (Fsp3) is 0.450. The molecular formula is C20H25F2N7O. The van der Waals surface area contributed by atoms with Crippen molar-refractivity contribution in [2.75, 3.05) is 74.5 Å². The number of benzene rings is 1. The van der Waals surface area contributed by atoms with E-state index in [9.17, 15) is 13.6 Å². The monoisotopic (exact) mass is 417 g/mol. The summed E-state index contributed by atoms with van der Waals surface area (Å²) in [4.78, 5) is 20.6. The number of aromatic nitrogens is 2. The lowest BCUT2D eigenvalue weighted by Gasteiger charge is -2.35. The van der Waals surface area contributed by atoms with Crippen molar-refractivity contribution in [2.24, 2.45) is 0 Å². The first kappa shape index (κ1) is 20.3. The third kappa shape index (κ3) is 4.76. The Labute approximate surface area is 174 Å². The summed E-state index contributed by atoms with van der Waals surface area (Å²) in [6.45, 7) is 6.06. The van der Waals surface area contributed by atoms with Crippen molar-refractivity contribution in [1.82, 2.24) is 20.0 Å². The molecule has 0 unspecified atom stereocenters. The molecule has 1 aromatic carbocycles. The van der Waals surface area contributed by atoms with Gasteiger partial charge in [0.15, 0.2) is 11.6 Å². The molecule has 0 aliphatic carbocycles. The molecule has 0 spiro atoms. The van der Waals surface area contributed by atoms with Crippen molar-refractivity contribution in [3.63, 3.8) is 0 Å². The van der Waals surface area contributed by atoms with Crippen LogP contribution >= 0.6 is 0 Å². The van der Waals surface area contributed by atoms with Gasteiger partial charge in [-0.3, -0.25) is 0 Å². The summed E-state index contributed by atoms with van der Waals surface area (Å²) in [5.74, 6) is 0.203. The topological polar surface area (TPSA) is 67.8 Å². The summed E-state index contributed by atoms with van der Waals surface area (Å²) in [6.07, 6.45) is 0. The van der Waals surface area contributed by atoms with E-state index in [1.54, 1.807) is 4.90 Å². The number of hydrogen-bond donors (Lipinski definition) is 1. The molecule has 0 saturated carbocycles. The van der Waals surface area contributed by atoms with Crippen molar-refractivity contribution in [3.8, 4) is 0 Å². The molecule has 2 fully saturated rings. The Hall–Kier alpha value is -3.01. The summed E-state index contributed by atoms with van der Waals surface area (Å²) in [5, 5.41) is 11.3. The zero-order valence-corrected chi connectivity index (χ0v) is 16.9. The van der Waals surface area contributed by atoms with Crippen LogP contribution in [0.1, 0.15) is 0 Å². The molecule has 0 radical (unpaired) electrons. The highest BCUT2D eigenvalue weighted by molar-refractivity contribution is 5.89. The van der Waals surface area contributed by atoms with E-state index < -0.39 is 11.6 Å². The maximum absolute atomic E-state index is 13.3. The van der Waals surface area contributed by atoms with Crippen LogP contribution in [0.3, 0.4) is 0 Å². The molecule has 2 aliphatic rings. The number of rotatable bonds is 3. The van der Waals surface area contributed by atoms with E-state index in [2.05, 4.69) is 37.3 Å². The van der Waals surface area contributed by atoms with Crippen LogP contribution in [0.25, 0.3) is 0 Å². The number of carbonyl (C=O) groups excluding carboxylic acids is 1. The van der Waals surface area contributed by atoms with Gasteiger partial charge >= 0.3 is 6.03 Å². The van der Waals surface area contributed by atoms with Gasteiger partial charge in [0.25, 0.3) is 0 Å². The molecular weight excluding hydrogens is 392 g/mol. The maximum Gasteiger partial charge on any atom is 0.321 e. The van der Waals surface area contributed by atoms with Crippen LogP contribution in [0.15, 0.2) is 30.3 Å². The van der Waals surface area contributed by atoms with Gasteiger partial charge in [-0.05, 0) is 31.3 Å². The molecule has 8 nitrogen and oxygen atoms in total. The zero-order valence-electron chi connectivity index (χ0n) is 16.9. The third-order valence-electron chi connectivity index (χ3n) is 5.47. The standard InChI is InChI=1S/C20H25F2N7O/c1-26-4-6-27(7-5-26)18-2-3-19(25-24-18)28-8-10-29(11-9-28)20(30)23-17-13-15(21)12-16(22)14-17/h2-3,12-14H,4-11H2,1H3,(H,23,30). The summed E-state index contributed by atoms with van der Waals surface area (Å²) in [6, 6.07) is 6.53. The van der Waals surface area contributed by atoms with E-state index >= 15 is 0 Å². The number of anilines is 3. The van der Waals surface area contributed by atoms with E-state index in [0.717, 1.165) is 56.0 Å². The fourth-order valence-corrected chi connectivity index (χ4v) is 3.66. The molecule has 2 saturated heterocycles. The van der Waals surface area contributed by atoms with E-state index in [-0.39, 0.29) is 11.7 Å². The second-order valence-electron chi connectivity index (χ2n) is 7.60. The van der Waals surface area contributed by atoms with Crippen molar-refractivity contribution in [2.45, 2.75) is 0 Å².